The lowest BCUT2D eigenvalue weighted by atomic mass is 9.33. The highest BCUT2D eigenvalue weighted by Crippen LogP contribution is 2.48. The summed E-state index contributed by atoms with van der Waals surface area (Å²) in [5, 5.41) is 0. The lowest BCUT2D eigenvalue weighted by Crippen LogP contribution is -2.59. The van der Waals surface area contributed by atoms with E-state index in [1.807, 2.05) is 0 Å². The van der Waals surface area contributed by atoms with Gasteiger partial charge in [-0.3, -0.25) is 0 Å². The van der Waals surface area contributed by atoms with Gasteiger partial charge in [0, 0.05) is 22.9 Å². The second-order valence-electron chi connectivity index (χ2n) is 27.5. The van der Waals surface area contributed by atoms with Gasteiger partial charge in [-0.1, -0.05) is 267 Å². The number of hydrogen-bond acceptors (Lipinski definition) is 1. The molecule has 2 aliphatic heterocycles. The van der Waals surface area contributed by atoms with Crippen LogP contribution in [-0.4, -0.2) is 6.71 Å². The topological polar surface area (TPSA) is 3.24 Å². The average molecular weight is 984 g/mol. The molecule has 0 fully saturated rings. The van der Waals surface area contributed by atoms with E-state index in [-0.39, 0.29) is 45.6 Å². The van der Waals surface area contributed by atoms with Crippen molar-refractivity contribution in [2.45, 2.75) is 162 Å². The molecule has 8 aromatic rings. The third kappa shape index (κ3) is 10.5. The van der Waals surface area contributed by atoms with Gasteiger partial charge in [-0.05, 0) is 149 Å². The van der Waals surface area contributed by atoms with E-state index in [1.54, 1.807) is 0 Å². The summed E-state index contributed by atoms with van der Waals surface area (Å²) in [4.78, 5) is 2.72. The van der Waals surface area contributed by atoms with Crippen LogP contribution in [0.25, 0.3) is 11.1 Å². The fraction of sp³-hybridized carbons (Fsp3) is 0.342. The quantitative estimate of drug-likeness (QED) is 0.137. The Morgan fingerprint density at radius 1 is 0.427 bits per heavy atom. The largest absolute Gasteiger partial charge is 0.311 e. The van der Waals surface area contributed by atoms with Crippen LogP contribution in [0.15, 0.2) is 176 Å². The van der Waals surface area contributed by atoms with Crippen molar-refractivity contribution in [3.05, 3.63) is 237 Å². The molecule has 8 aromatic carbocycles. The molecule has 1 nitrogen and oxygen atoms in total. The summed E-state index contributed by atoms with van der Waals surface area (Å²) < 4.78 is 0. The summed E-state index contributed by atoms with van der Waals surface area (Å²) in [6.07, 6.45) is 2.81. The number of benzene rings is 8. The SMILES string of the molecule is CC(C)(C)c1ccc(CC2Cc3ccc(C(C)(C)C)cc3B3c4cc(C(C)(C)C)ccc4N(c4ccc(C(C)(C)C)cc4-c4ccc(C(C)(C)C)cc4)c4cc(C(Cc5ccccc5)c5ccccc5)cc2c43)cc1. The zero-order chi connectivity index (χ0) is 53.4. The van der Waals surface area contributed by atoms with Gasteiger partial charge in [0.15, 0.2) is 0 Å². The van der Waals surface area contributed by atoms with Gasteiger partial charge < -0.3 is 4.90 Å². The van der Waals surface area contributed by atoms with E-state index >= 15 is 0 Å². The van der Waals surface area contributed by atoms with Crippen LogP contribution in [-0.2, 0) is 46.3 Å². The van der Waals surface area contributed by atoms with Crippen molar-refractivity contribution in [3.63, 3.8) is 0 Å². The van der Waals surface area contributed by atoms with E-state index in [2.05, 4.69) is 285 Å². The van der Waals surface area contributed by atoms with Crippen molar-refractivity contribution in [1.29, 1.82) is 0 Å². The Morgan fingerprint density at radius 3 is 1.49 bits per heavy atom. The molecule has 2 heteroatoms. The molecule has 2 heterocycles. The second-order valence-corrected chi connectivity index (χ2v) is 27.5. The van der Waals surface area contributed by atoms with Crippen LogP contribution in [0.3, 0.4) is 0 Å². The van der Waals surface area contributed by atoms with Crippen LogP contribution in [0.2, 0.25) is 0 Å². The van der Waals surface area contributed by atoms with E-state index in [9.17, 15) is 0 Å². The first-order valence-corrected chi connectivity index (χ1v) is 28.0. The monoisotopic (exact) mass is 984 g/mol. The first-order valence-electron chi connectivity index (χ1n) is 28.0. The van der Waals surface area contributed by atoms with Gasteiger partial charge in [0.1, 0.15) is 0 Å². The predicted molar refractivity (Wildman–Crippen MR) is 326 cm³/mol. The molecule has 2 unspecified atom stereocenters. The van der Waals surface area contributed by atoms with Gasteiger partial charge in [0.2, 0.25) is 6.71 Å². The highest BCUT2D eigenvalue weighted by atomic mass is 15.2. The van der Waals surface area contributed by atoms with Crippen LogP contribution < -0.4 is 21.3 Å². The molecule has 10 rings (SSSR count). The maximum absolute atomic E-state index is 2.72. The van der Waals surface area contributed by atoms with Crippen LogP contribution in [0.1, 0.15) is 177 Å². The van der Waals surface area contributed by atoms with Crippen molar-refractivity contribution >= 4 is 40.2 Å². The molecule has 0 aliphatic carbocycles. The summed E-state index contributed by atoms with van der Waals surface area (Å²) in [5.74, 6) is 0.344. The maximum atomic E-state index is 2.72. The standard InChI is InChI=1S/C73H82BN/c1-69(2,3)55-31-26-49(27-32-55)40-53-42-52-30-35-58(72(10,11)12)46-63(52)74-64-47-59(73(13,14)15)37-39-66(64)75(65-38-36-57(71(7,8)9)45-61(65)51-28-33-56(34-29-51)70(4,5)6)67-44-54(43-62(53)68(67)74)60(50-24-20-17-21-25-50)41-48-22-18-16-19-23-48/h16-39,43-47,53,60H,40-42H2,1-15H3. The highest BCUT2D eigenvalue weighted by Gasteiger charge is 2.44. The Morgan fingerprint density at radius 2 is 0.920 bits per heavy atom. The molecule has 0 saturated heterocycles. The zero-order valence-electron chi connectivity index (χ0n) is 48.0. The van der Waals surface area contributed by atoms with Gasteiger partial charge >= 0.3 is 0 Å². The fourth-order valence-corrected chi connectivity index (χ4v) is 12.1. The number of nitrogens with zero attached hydrogens (tertiary/aromatic N) is 1. The third-order valence-electron chi connectivity index (χ3n) is 16.8. The Balaban J connectivity index is 1.34. The van der Waals surface area contributed by atoms with E-state index < -0.39 is 0 Å². The molecule has 75 heavy (non-hydrogen) atoms. The summed E-state index contributed by atoms with van der Waals surface area (Å²) in [5.41, 5.74) is 25.8. The molecule has 382 valence electrons. The molecule has 2 atom stereocenters. The van der Waals surface area contributed by atoms with Crippen LogP contribution in [0, 0.1) is 0 Å². The summed E-state index contributed by atoms with van der Waals surface area (Å²) in [7, 11) is 0. The Bertz CT molecular complexity index is 3340. The molecule has 0 saturated carbocycles. The number of hydrogen-bond donors (Lipinski definition) is 0. The molecule has 0 spiro atoms. The van der Waals surface area contributed by atoms with E-state index in [4.69, 9.17) is 0 Å². The smallest absolute Gasteiger partial charge is 0.247 e. The third-order valence-corrected chi connectivity index (χ3v) is 16.8. The Kier molecular flexibility index (Phi) is 13.4. The number of fused-ring (bicyclic) bond motifs is 4. The van der Waals surface area contributed by atoms with Crippen molar-refractivity contribution in [2.75, 3.05) is 4.90 Å². The molecular formula is C73H82BN. The Hall–Kier alpha value is -6.38. The minimum Gasteiger partial charge on any atom is -0.311 e. The van der Waals surface area contributed by atoms with Gasteiger partial charge in [-0.2, -0.15) is 0 Å². The summed E-state index contributed by atoms with van der Waals surface area (Å²) >= 11 is 0. The van der Waals surface area contributed by atoms with Crippen LogP contribution in [0.4, 0.5) is 17.1 Å². The second kappa shape index (κ2) is 19.3. The number of anilines is 3. The molecule has 2 aliphatic rings. The van der Waals surface area contributed by atoms with Gasteiger partial charge in [-0.25, -0.2) is 0 Å². The van der Waals surface area contributed by atoms with Crippen molar-refractivity contribution in [2.24, 2.45) is 0 Å². The van der Waals surface area contributed by atoms with E-state index in [1.165, 1.54) is 106 Å². The predicted octanol–water partition coefficient (Wildman–Crippen LogP) is 17.4. The average Bonchev–Trinajstić information content (AvgIpc) is 3.53. The normalized spacial score (nSPS) is 15.2. The Labute approximate surface area is 453 Å². The minimum atomic E-state index is -0.0515. The molecule has 0 aromatic heterocycles. The van der Waals surface area contributed by atoms with Gasteiger partial charge in [0.05, 0.1) is 5.69 Å². The zero-order valence-corrected chi connectivity index (χ0v) is 48.0. The first kappa shape index (κ1) is 52.1. The van der Waals surface area contributed by atoms with Crippen molar-refractivity contribution in [1.82, 2.24) is 0 Å². The van der Waals surface area contributed by atoms with Gasteiger partial charge in [-0.15, -0.1) is 0 Å². The van der Waals surface area contributed by atoms with Crippen molar-refractivity contribution < 1.29 is 0 Å². The lowest BCUT2D eigenvalue weighted by molar-refractivity contribution is 0.589. The summed E-state index contributed by atoms with van der Waals surface area (Å²) in [6, 6.07) is 69.5. The molecule has 0 amide bonds. The molecule has 0 bridgehead atoms. The number of rotatable bonds is 8. The van der Waals surface area contributed by atoms with Crippen molar-refractivity contribution in [3.8, 4) is 11.1 Å². The lowest BCUT2D eigenvalue weighted by Gasteiger charge is -2.41. The molecule has 0 radical (unpaired) electrons. The van der Waals surface area contributed by atoms with Crippen LogP contribution >= 0.6 is 0 Å². The van der Waals surface area contributed by atoms with E-state index in [0.29, 0.717) is 0 Å². The minimum absolute atomic E-state index is 0.0194. The summed E-state index contributed by atoms with van der Waals surface area (Å²) in [6.45, 7) is 35.3. The first-order chi connectivity index (χ1) is 35.3. The van der Waals surface area contributed by atoms with Gasteiger partial charge in [0.25, 0.3) is 0 Å². The highest BCUT2D eigenvalue weighted by molar-refractivity contribution is 6.98. The van der Waals surface area contributed by atoms with E-state index in [0.717, 1.165) is 19.3 Å². The maximum Gasteiger partial charge on any atom is 0.247 e. The molecular weight excluding hydrogens is 902 g/mol. The van der Waals surface area contributed by atoms with Crippen LogP contribution in [0.5, 0.6) is 0 Å². The molecule has 0 N–H and O–H groups in total. The fourth-order valence-electron chi connectivity index (χ4n) is 12.1.